The summed E-state index contributed by atoms with van der Waals surface area (Å²) >= 11 is 5.98. The average molecular weight is 360 g/mol. The Labute approximate surface area is 144 Å². The average Bonchev–Trinajstić information content (AvgIpc) is 2.51. The molecule has 1 aliphatic heterocycles. The first-order valence-corrected chi connectivity index (χ1v) is 10.1. The van der Waals surface area contributed by atoms with Gasteiger partial charge in [0.25, 0.3) is 0 Å². The molecule has 1 heterocycles. The topological polar surface area (TPSA) is 52.7 Å². The second-order valence-electron chi connectivity index (χ2n) is 6.07. The number of hydrogen-bond donors (Lipinski definition) is 1. The molecular weight excluding hydrogens is 334 g/mol. The third kappa shape index (κ3) is 5.72. The predicted molar refractivity (Wildman–Crippen MR) is 95.3 cm³/mol. The molecule has 1 aromatic rings. The van der Waals surface area contributed by atoms with Crippen LogP contribution in [0.25, 0.3) is 0 Å². The van der Waals surface area contributed by atoms with Gasteiger partial charge < -0.3 is 4.90 Å². The molecule has 0 amide bonds. The van der Waals surface area contributed by atoms with Gasteiger partial charge in [-0.2, -0.15) is 0 Å². The molecule has 7 heteroatoms. The Balaban J connectivity index is 2.12. The molecule has 0 spiro atoms. The number of benzene rings is 1. The molecule has 130 valence electrons. The summed E-state index contributed by atoms with van der Waals surface area (Å²) in [5, 5.41) is 0.692. The minimum absolute atomic E-state index is 0.0348. The van der Waals surface area contributed by atoms with E-state index in [1.165, 1.54) is 0 Å². The fourth-order valence-corrected chi connectivity index (χ4v) is 4.04. The number of sulfonamides is 1. The number of nitrogens with zero attached hydrogens (tertiary/aromatic N) is 2. The van der Waals surface area contributed by atoms with Gasteiger partial charge in [-0.15, -0.1) is 0 Å². The van der Waals surface area contributed by atoms with Gasteiger partial charge in [0.2, 0.25) is 10.0 Å². The van der Waals surface area contributed by atoms with Crippen LogP contribution in [0.5, 0.6) is 0 Å². The molecular formula is C16H26ClN3O2S. The highest BCUT2D eigenvalue weighted by atomic mass is 35.5. The van der Waals surface area contributed by atoms with E-state index in [1.807, 2.05) is 31.2 Å². The van der Waals surface area contributed by atoms with Gasteiger partial charge in [-0.25, -0.2) is 13.1 Å². The first-order valence-electron chi connectivity index (χ1n) is 8.06. The lowest BCUT2D eigenvalue weighted by Crippen LogP contribution is -2.48. The van der Waals surface area contributed by atoms with Crippen LogP contribution in [0.15, 0.2) is 24.3 Å². The third-order valence-electron chi connectivity index (χ3n) is 4.20. The summed E-state index contributed by atoms with van der Waals surface area (Å²) in [5.41, 5.74) is 1.10. The molecule has 1 fully saturated rings. The van der Waals surface area contributed by atoms with E-state index in [2.05, 4.69) is 21.6 Å². The number of halogens is 1. The van der Waals surface area contributed by atoms with Gasteiger partial charge >= 0.3 is 0 Å². The minimum Gasteiger partial charge on any atom is -0.304 e. The van der Waals surface area contributed by atoms with Crippen LogP contribution < -0.4 is 4.72 Å². The Bertz CT molecular complexity index is 584. The summed E-state index contributed by atoms with van der Waals surface area (Å²) < 4.78 is 26.8. The molecule has 1 aliphatic rings. The quantitative estimate of drug-likeness (QED) is 0.808. The van der Waals surface area contributed by atoms with Crippen molar-refractivity contribution in [2.24, 2.45) is 0 Å². The standard InChI is InChI=1S/C16H26ClN3O2S/c1-3-12-23(21,22)18-13-16(14-4-6-15(17)7-5-14)20-10-8-19(2)9-11-20/h4-7,16,18H,3,8-13H2,1-2H3. The lowest BCUT2D eigenvalue weighted by Gasteiger charge is -2.38. The molecule has 0 saturated carbocycles. The Morgan fingerprint density at radius 3 is 2.35 bits per heavy atom. The maximum Gasteiger partial charge on any atom is 0.211 e. The van der Waals surface area contributed by atoms with Crippen molar-refractivity contribution in [1.82, 2.24) is 14.5 Å². The Hall–Kier alpha value is -0.660. The van der Waals surface area contributed by atoms with Crippen LogP contribution in [0.1, 0.15) is 24.9 Å². The number of rotatable bonds is 7. The van der Waals surface area contributed by atoms with Crippen LogP contribution in [-0.2, 0) is 10.0 Å². The van der Waals surface area contributed by atoms with Crippen molar-refractivity contribution in [3.8, 4) is 0 Å². The van der Waals surface area contributed by atoms with Crippen LogP contribution in [0.3, 0.4) is 0 Å². The smallest absolute Gasteiger partial charge is 0.211 e. The van der Waals surface area contributed by atoms with Crippen LogP contribution in [0.4, 0.5) is 0 Å². The first-order chi connectivity index (χ1) is 10.9. The molecule has 1 atom stereocenters. The number of hydrogen-bond acceptors (Lipinski definition) is 4. The maximum atomic E-state index is 12.0. The second-order valence-corrected chi connectivity index (χ2v) is 8.44. The summed E-state index contributed by atoms with van der Waals surface area (Å²) in [7, 11) is -1.10. The highest BCUT2D eigenvalue weighted by molar-refractivity contribution is 7.89. The molecule has 0 aromatic heterocycles. The van der Waals surface area contributed by atoms with E-state index in [-0.39, 0.29) is 11.8 Å². The fraction of sp³-hybridized carbons (Fsp3) is 0.625. The number of likely N-dealkylation sites (N-methyl/N-ethyl adjacent to an activating group) is 1. The number of nitrogens with one attached hydrogen (secondary N) is 1. The normalized spacial score (nSPS) is 18.9. The summed E-state index contributed by atoms with van der Waals surface area (Å²) in [5.74, 6) is 0.170. The molecule has 23 heavy (non-hydrogen) atoms. The van der Waals surface area contributed by atoms with Gasteiger partial charge in [0.15, 0.2) is 0 Å². The minimum atomic E-state index is -3.21. The van der Waals surface area contributed by atoms with Crippen molar-refractivity contribution in [2.45, 2.75) is 19.4 Å². The maximum absolute atomic E-state index is 12.0. The molecule has 1 unspecified atom stereocenters. The fourth-order valence-electron chi connectivity index (χ4n) is 2.82. The predicted octanol–water partition coefficient (Wildman–Crippen LogP) is 1.96. The van der Waals surface area contributed by atoms with Crippen molar-refractivity contribution < 1.29 is 8.42 Å². The Morgan fingerprint density at radius 1 is 1.17 bits per heavy atom. The van der Waals surface area contributed by atoms with Crippen LogP contribution in [-0.4, -0.2) is 63.7 Å². The second kappa shape index (κ2) is 8.44. The van der Waals surface area contributed by atoms with Crippen molar-refractivity contribution in [3.05, 3.63) is 34.9 Å². The van der Waals surface area contributed by atoms with Crippen molar-refractivity contribution in [1.29, 1.82) is 0 Å². The summed E-state index contributed by atoms with van der Waals surface area (Å²) in [6.45, 7) is 6.11. The van der Waals surface area contributed by atoms with Crippen molar-refractivity contribution in [2.75, 3.05) is 45.5 Å². The molecule has 0 bridgehead atoms. The van der Waals surface area contributed by atoms with E-state index in [0.29, 0.717) is 18.0 Å². The van der Waals surface area contributed by atoms with Crippen molar-refractivity contribution >= 4 is 21.6 Å². The van der Waals surface area contributed by atoms with Gasteiger partial charge in [0.1, 0.15) is 0 Å². The van der Waals surface area contributed by atoms with E-state index in [1.54, 1.807) is 0 Å². The van der Waals surface area contributed by atoms with Gasteiger partial charge in [-0.1, -0.05) is 30.7 Å². The SMILES string of the molecule is CCCS(=O)(=O)NCC(c1ccc(Cl)cc1)N1CCN(C)CC1. The zero-order valence-corrected chi connectivity index (χ0v) is 15.4. The van der Waals surface area contributed by atoms with E-state index in [0.717, 1.165) is 31.7 Å². The molecule has 2 rings (SSSR count). The molecule has 1 saturated heterocycles. The highest BCUT2D eigenvalue weighted by Crippen LogP contribution is 2.23. The van der Waals surface area contributed by atoms with E-state index in [9.17, 15) is 8.42 Å². The van der Waals surface area contributed by atoms with E-state index < -0.39 is 10.0 Å². The van der Waals surface area contributed by atoms with Gasteiger partial charge in [0, 0.05) is 43.8 Å². The summed E-state index contributed by atoms with van der Waals surface area (Å²) in [6.07, 6.45) is 0.620. The van der Waals surface area contributed by atoms with E-state index in [4.69, 9.17) is 11.6 Å². The number of piperazine rings is 1. The monoisotopic (exact) mass is 359 g/mol. The van der Waals surface area contributed by atoms with Crippen molar-refractivity contribution in [3.63, 3.8) is 0 Å². The van der Waals surface area contributed by atoms with Crippen LogP contribution in [0, 0.1) is 0 Å². The molecule has 0 radical (unpaired) electrons. The molecule has 1 N–H and O–H groups in total. The van der Waals surface area contributed by atoms with Crippen LogP contribution >= 0.6 is 11.6 Å². The Kier molecular flexibility index (Phi) is 6.85. The van der Waals surface area contributed by atoms with E-state index >= 15 is 0 Å². The largest absolute Gasteiger partial charge is 0.304 e. The zero-order valence-electron chi connectivity index (χ0n) is 13.8. The molecule has 0 aliphatic carbocycles. The third-order valence-corrected chi connectivity index (χ3v) is 6.01. The first kappa shape index (κ1) is 18.7. The lowest BCUT2D eigenvalue weighted by atomic mass is 10.0. The van der Waals surface area contributed by atoms with Gasteiger partial charge in [0.05, 0.1) is 5.75 Å². The van der Waals surface area contributed by atoms with Gasteiger partial charge in [-0.3, -0.25) is 4.90 Å². The lowest BCUT2D eigenvalue weighted by molar-refractivity contribution is 0.113. The Morgan fingerprint density at radius 2 is 1.78 bits per heavy atom. The highest BCUT2D eigenvalue weighted by Gasteiger charge is 2.25. The summed E-state index contributed by atoms with van der Waals surface area (Å²) in [6, 6.07) is 7.73. The van der Waals surface area contributed by atoms with Crippen LogP contribution in [0.2, 0.25) is 5.02 Å². The summed E-state index contributed by atoms with van der Waals surface area (Å²) in [4.78, 5) is 4.63. The zero-order chi connectivity index (χ0) is 16.9. The van der Waals surface area contributed by atoms with Gasteiger partial charge in [-0.05, 0) is 31.2 Å². The molecule has 1 aromatic carbocycles. The molecule has 5 nitrogen and oxygen atoms in total.